The average molecular weight is 528 g/mol. The van der Waals surface area contributed by atoms with Crippen LogP contribution in [0.3, 0.4) is 0 Å². The topological polar surface area (TPSA) is 162 Å². The molecule has 0 aliphatic heterocycles. The maximum absolute atomic E-state index is 15.1. The van der Waals surface area contributed by atoms with Crippen molar-refractivity contribution < 1.29 is 18.7 Å². The predicted molar refractivity (Wildman–Crippen MR) is 141 cm³/mol. The Morgan fingerprint density at radius 1 is 1.11 bits per heavy atom. The van der Waals surface area contributed by atoms with E-state index in [-0.39, 0.29) is 23.1 Å². The molecule has 0 saturated heterocycles. The number of anilines is 3. The van der Waals surface area contributed by atoms with Crippen molar-refractivity contribution in [1.29, 1.82) is 0 Å². The van der Waals surface area contributed by atoms with Gasteiger partial charge in [0.15, 0.2) is 11.6 Å². The second-order valence-corrected chi connectivity index (χ2v) is 10.2. The zero-order valence-corrected chi connectivity index (χ0v) is 22.5. The Kier molecular flexibility index (Phi) is 8.49. The normalized spacial score (nSPS) is 13.1. The molecule has 0 aliphatic carbocycles. The van der Waals surface area contributed by atoms with E-state index in [2.05, 4.69) is 36.1 Å². The molecule has 0 radical (unpaired) electrons. The van der Waals surface area contributed by atoms with Gasteiger partial charge in [-0.2, -0.15) is 10.2 Å². The molecule has 204 valence electrons. The summed E-state index contributed by atoms with van der Waals surface area (Å²) in [6, 6.07) is 1.84. The van der Waals surface area contributed by atoms with Gasteiger partial charge >= 0.3 is 6.09 Å². The Morgan fingerprint density at radius 3 is 2.34 bits per heavy atom. The van der Waals surface area contributed by atoms with Crippen LogP contribution in [0.4, 0.5) is 26.5 Å². The van der Waals surface area contributed by atoms with Crippen molar-refractivity contribution in [3.8, 4) is 5.69 Å². The summed E-state index contributed by atoms with van der Waals surface area (Å²) in [6.45, 7) is 12.7. The maximum atomic E-state index is 15.1. The Hall–Kier alpha value is -4.29. The number of ether oxygens (including phenoxy) is 1. The van der Waals surface area contributed by atoms with E-state index in [9.17, 15) is 9.59 Å². The van der Waals surface area contributed by atoms with Crippen molar-refractivity contribution in [1.82, 2.24) is 30.3 Å². The molecule has 0 saturated carbocycles. The summed E-state index contributed by atoms with van der Waals surface area (Å²) in [5.74, 6) is -1.77. The van der Waals surface area contributed by atoms with Gasteiger partial charge in [0, 0.05) is 12.1 Å². The lowest BCUT2D eigenvalue weighted by Gasteiger charge is -2.31. The van der Waals surface area contributed by atoms with Crippen LogP contribution >= 0.6 is 0 Å². The number of aryl methyl sites for hydroxylation is 1. The van der Waals surface area contributed by atoms with E-state index in [1.165, 1.54) is 23.4 Å². The molecule has 0 aromatic carbocycles. The summed E-state index contributed by atoms with van der Waals surface area (Å²) >= 11 is 0. The van der Waals surface area contributed by atoms with Crippen LogP contribution in [0.2, 0.25) is 0 Å². The zero-order chi connectivity index (χ0) is 28.2. The molecular formula is C25H34FN9O3. The van der Waals surface area contributed by atoms with Crippen molar-refractivity contribution >= 4 is 29.3 Å². The number of hydrogen-bond donors (Lipinski definition) is 4. The standard InChI is InChI=1S/C25H34FN9O3/c1-13(2)20(15(4)31-24(37)38-25(5,6)7)33-23-18(26)11-17(21(27)36)22(34-23)32-16-10-19(14(3)28-12-16)35-29-8-9-30-35/h8-13,15,20H,1-7H3,(H2,27,36)(H,31,37)(H2,32,33,34)/t15-,20+/m0/s1. The van der Waals surface area contributed by atoms with Gasteiger partial charge < -0.3 is 26.4 Å². The van der Waals surface area contributed by atoms with Gasteiger partial charge in [-0.1, -0.05) is 13.8 Å². The summed E-state index contributed by atoms with van der Waals surface area (Å²) < 4.78 is 20.4. The van der Waals surface area contributed by atoms with E-state index in [4.69, 9.17) is 10.5 Å². The lowest BCUT2D eigenvalue weighted by atomic mass is 9.97. The molecule has 5 N–H and O–H groups in total. The number of pyridine rings is 2. The predicted octanol–water partition coefficient (Wildman–Crippen LogP) is 3.70. The first-order chi connectivity index (χ1) is 17.7. The van der Waals surface area contributed by atoms with Gasteiger partial charge in [-0.25, -0.2) is 14.2 Å². The smallest absolute Gasteiger partial charge is 0.407 e. The molecule has 2 amide bonds. The molecule has 2 atom stereocenters. The van der Waals surface area contributed by atoms with E-state index in [1.54, 1.807) is 40.7 Å². The second kappa shape index (κ2) is 11.4. The van der Waals surface area contributed by atoms with Crippen LogP contribution in [0.25, 0.3) is 5.69 Å². The van der Waals surface area contributed by atoms with Crippen LogP contribution < -0.4 is 21.7 Å². The van der Waals surface area contributed by atoms with Crippen LogP contribution in [0.1, 0.15) is 57.6 Å². The first kappa shape index (κ1) is 28.3. The molecule has 0 bridgehead atoms. The number of halogens is 1. The molecule has 3 aromatic rings. The van der Waals surface area contributed by atoms with Crippen LogP contribution in [0, 0.1) is 18.7 Å². The SMILES string of the molecule is Cc1ncc(Nc2nc(N[C@H](C(C)C)[C@H](C)NC(=O)OC(C)(C)C)c(F)cc2C(N)=O)cc1-n1nccn1. The first-order valence-corrected chi connectivity index (χ1v) is 12.1. The van der Waals surface area contributed by atoms with Gasteiger partial charge in [0.2, 0.25) is 0 Å². The number of hydrogen-bond acceptors (Lipinski definition) is 9. The zero-order valence-electron chi connectivity index (χ0n) is 22.5. The van der Waals surface area contributed by atoms with E-state index >= 15 is 4.39 Å². The highest BCUT2D eigenvalue weighted by molar-refractivity contribution is 5.98. The van der Waals surface area contributed by atoms with Gasteiger partial charge in [0.25, 0.3) is 5.91 Å². The molecule has 13 heteroatoms. The molecule has 12 nitrogen and oxygen atoms in total. The Balaban J connectivity index is 1.91. The van der Waals surface area contributed by atoms with E-state index < -0.39 is 35.5 Å². The van der Waals surface area contributed by atoms with Crippen LogP contribution in [-0.4, -0.2) is 54.6 Å². The largest absolute Gasteiger partial charge is 0.444 e. The number of nitrogens with zero attached hydrogens (tertiary/aromatic N) is 5. The number of nitrogens with one attached hydrogen (secondary N) is 3. The van der Waals surface area contributed by atoms with Crippen molar-refractivity contribution in [2.45, 2.75) is 66.2 Å². The summed E-state index contributed by atoms with van der Waals surface area (Å²) in [7, 11) is 0. The van der Waals surface area contributed by atoms with Crippen LogP contribution in [0.15, 0.2) is 30.7 Å². The van der Waals surface area contributed by atoms with Crippen molar-refractivity contribution in [3.05, 3.63) is 47.8 Å². The number of nitrogens with two attached hydrogens (primary N) is 1. The fourth-order valence-corrected chi connectivity index (χ4v) is 3.75. The lowest BCUT2D eigenvalue weighted by molar-refractivity contribution is 0.0499. The average Bonchev–Trinajstić information content (AvgIpc) is 3.33. The van der Waals surface area contributed by atoms with Crippen molar-refractivity contribution in [3.63, 3.8) is 0 Å². The van der Waals surface area contributed by atoms with Gasteiger partial charge in [-0.15, -0.1) is 4.80 Å². The Bertz CT molecular complexity index is 1290. The van der Waals surface area contributed by atoms with Gasteiger partial charge in [0.1, 0.15) is 17.1 Å². The second-order valence-electron chi connectivity index (χ2n) is 10.2. The number of rotatable bonds is 9. The van der Waals surface area contributed by atoms with Gasteiger partial charge in [-0.3, -0.25) is 9.78 Å². The molecule has 3 heterocycles. The molecule has 0 aliphatic rings. The third-order valence-corrected chi connectivity index (χ3v) is 5.50. The Morgan fingerprint density at radius 2 is 1.76 bits per heavy atom. The number of aromatic nitrogens is 5. The molecule has 0 spiro atoms. The monoisotopic (exact) mass is 527 g/mol. The van der Waals surface area contributed by atoms with Crippen LogP contribution in [0.5, 0.6) is 0 Å². The fourth-order valence-electron chi connectivity index (χ4n) is 3.75. The lowest BCUT2D eigenvalue weighted by Crippen LogP contribution is -2.49. The Labute approximate surface area is 220 Å². The highest BCUT2D eigenvalue weighted by Crippen LogP contribution is 2.26. The third kappa shape index (κ3) is 7.14. The minimum absolute atomic E-state index is 0.0293. The van der Waals surface area contributed by atoms with Crippen molar-refractivity contribution in [2.24, 2.45) is 11.7 Å². The maximum Gasteiger partial charge on any atom is 0.407 e. The summed E-state index contributed by atoms with van der Waals surface area (Å²) in [4.78, 5) is 34.5. The van der Waals surface area contributed by atoms with Gasteiger partial charge in [-0.05, 0) is 52.7 Å². The molecule has 3 aromatic heterocycles. The first-order valence-electron chi connectivity index (χ1n) is 12.1. The number of carbonyl (C=O) groups is 2. The van der Waals surface area contributed by atoms with Gasteiger partial charge in [0.05, 0.1) is 35.5 Å². The molecular weight excluding hydrogens is 493 g/mol. The summed E-state index contributed by atoms with van der Waals surface area (Å²) in [6.07, 6.45) is 4.02. The quantitative estimate of drug-likeness (QED) is 0.325. The van der Waals surface area contributed by atoms with Crippen LogP contribution in [-0.2, 0) is 4.74 Å². The third-order valence-electron chi connectivity index (χ3n) is 5.50. The van der Waals surface area contributed by atoms with Crippen molar-refractivity contribution in [2.75, 3.05) is 10.6 Å². The fraction of sp³-hybridized carbons (Fsp3) is 0.440. The number of carbonyl (C=O) groups excluding carboxylic acids is 2. The molecule has 0 fully saturated rings. The molecule has 38 heavy (non-hydrogen) atoms. The van der Waals surface area contributed by atoms with E-state index in [1.807, 2.05) is 13.8 Å². The number of amides is 2. The molecule has 3 rings (SSSR count). The number of primary amides is 1. The summed E-state index contributed by atoms with van der Waals surface area (Å²) in [5, 5.41) is 17.1. The minimum Gasteiger partial charge on any atom is -0.444 e. The minimum atomic E-state index is -0.861. The summed E-state index contributed by atoms with van der Waals surface area (Å²) in [5.41, 5.74) is 6.43. The highest BCUT2D eigenvalue weighted by atomic mass is 19.1. The van der Waals surface area contributed by atoms with E-state index in [0.29, 0.717) is 17.1 Å². The number of alkyl carbamates (subject to hydrolysis) is 1. The van der Waals surface area contributed by atoms with E-state index in [0.717, 1.165) is 6.07 Å². The highest BCUT2D eigenvalue weighted by Gasteiger charge is 2.27. The molecule has 0 unspecified atom stereocenters.